The first-order valence-electron chi connectivity index (χ1n) is 6.26. The number of nitrogens with one attached hydrogen (secondary N) is 2. The van der Waals surface area contributed by atoms with Crippen LogP contribution in [0.5, 0.6) is 0 Å². The molecular formula is C14H17N3O2. The summed E-state index contributed by atoms with van der Waals surface area (Å²) in [5.74, 6) is 0.458. The van der Waals surface area contributed by atoms with Gasteiger partial charge in [0.2, 0.25) is 0 Å². The summed E-state index contributed by atoms with van der Waals surface area (Å²) in [5.41, 5.74) is 0.936. The third-order valence-electron chi connectivity index (χ3n) is 2.78. The second kappa shape index (κ2) is 6.04. The molecule has 0 radical (unpaired) electrons. The van der Waals surface area contributed by atoms with E-state index < -0.39 is 0 Å². The van der Waals surface area contributed by atoms with E-state index in [1.807, 2.05) is 6.07 Å². The van der Waals surface area contributed by atoms with Crippen LogP contribution in [0, 0.1) is 0 Å². The highest BCUT2D eigenvalue weighted by Crippen LogP contribution is 2.12. The molecule has 2 rings (SSSR count). The number of hydrogen-bond acceptors (Lipinski definition) is 4. The molecule has 2 heterocycles. The van der Waals surface area contributed by atoms with Crippen molar-refractivity contribution >= 4 is 17.4 Å². The lowest BCUT2D eigenvalue weighted by Gasteiger charge is -2.12. The number of carbonyl (C=O) groups is 1. The van der Waals surface area contributed by atoms with Gasteiger partial charge >= 0.3 is 0 Å². The molecule has 1 atom stereocenters. The van der Waals surface area contributed by atoms with Gasteiger partial charge in [-0.3, -0.25) is 4.79 Å². The number of anilines is 2. The van der Waals surface area contributed by atoms with Gasteiger partial charge < -0.3 is 15.1 Å². The van der Waals surface area contributed by atoms with Crippen LogP contribution < -0.4 is 10.6 Å². The number of pyridine rings is 1. The van der Waals surface area contributed by atoms with Crippen molar-refractivity contribution in [3.05, 3.63) is 42.5 Å². The van der Waals surface area contributed by atoms with Crippen molar-refractivity contribution < 1.29 is 9.21 Å². The summed E-state index contributed by atoms with van der Waals surface area (Å²) < 4.78 is 5.01. The van der Waals surface area contributed by atoms with Gasteiger partial charge in [-0.2, -0.15) is 0 Å². The van der Waals surface area contributed by atoms with Crippen LogP contribution in [0.1, 0.15) is 30.8 Å². The molecule has 1 unspecified atom stereocenters. The van der Waals surface area contributed by atoms with Crippen molar-refractivity contribution in [1.29, 1.82) is 0 Å². The molecule has 0 bridgehead atoms. The molecule has 0 aromatic carbocycles. The maximum absolute atomic E-state index is 11.7. The Morgan fingerprint density at radius 2 is 2.26 bits per heavy atom. The van der Waals surface area contributed by atoms with E-state index in [4.69, 9.17) is 4.42 Å². The molecule has 0 fully saturated rings. The quantitative estimate of drug-likeness (QED) is 0.865. The average Bonchev–Trinajstić information content (AvgIpc) is 2.95. The predicted octanol–water partition coefficient (Wildman–Crippen LogP) is 3.14. The zero-order valence-corrected chi connectivity index (χ0v) is 11.0. The van der Waals surface area contributed by atoms with Gasteiger partial charge in [0, 0.05) is 6.04 Å². The summed E-state index contributed by atoms with van der Waals surface area (Å²) in [5, 5.41) is 5.97. The fraction of sp³-hybridized carbons (Fsp3) is 0.286. The number of furan rings is 1. The first kappa shape index (κ1) is 13.1. The topological polar surface area (TPSA) is 67.2 Å². The second-order valence-electron chi connectivity index (χ2n) is 4.32. The molecule has 0 spiro atoms. The highest BCUT2D eigenvalue weighted by Gasteiger charge is 2.09. The summed E-state index contributed by atoms with van der Waals surface area (Å²) in [6, 6.07) is 7.31. The van der Waals surface area contributed by atoms with Crippen LogP contribution in [0.3, 0.4) is 0 Å². The Morgan fingerprint density at radius 3 is 2.84 bits per heavy atom. The van der Waals surface area contributed by atoms with Crippen LogP contribution in [0.2, 0.25) is 0 Å². The van der Waals surface area contributed by atoms with Crippen molar-refractivity contribution in [2.45, 2.75) is 26.3 Å². The maximum Gasteiger partial charge on any atom is 0.292 e. The van der Waals surface area contributed by atoms with Crippen LogP contribution in [0.4, 0.5) is 11.5 Å². The molecule has 5 nitrogen and oxygen atoms in total. The number of rotatable bonds is 5. The largest absolute Gasteiger partial charge is 0.459 e. The minimum Gasteiger partial charge on any atom is -0.459 e. The normalized spacial score (nSPS) is 11.9. The molecule has 0 aliphatic rings. The zero-order chi connectivity index (χ0) is 13.7. The lowest BCUT2D eigenvalue weighted by atomic mass is 10.2. The monoisotopic (exact) mass is 259 g/mol. The number of amides is 1. The molecule has 5 heteroatoms. The Balaban J connectivity index is 1.97. The first-order chi connectivity index (χ1) is 9.19. The van der Waals surface area contributed by atoms with E-state index in [9.17, 15) is 4.79 Å². The zero-order valence-electron chi connectivity index (χ0n) is 11.0. The van der Waals surface area contributed by atoms with Crippen LogP contribution >= 0.6 is 0 Å². The van der Waals surface area contributed by atoms with Crippen molar-refractivity contribution in [1.82, 2.24) is 4.98 Å². The Morgan fingerprint density at radius 1 is 1.42 bits per heavy atom. The van der Waals surface area contributed by atoms with Gasteiger partial charge in [0.05, 0.1) is 18.1 Å². The van der Waals surface area contributed by atoms with Crippen LogP contribution in [-0.2, 0) is 0 Å². The first-order valence-corrected chi connectivity index (χ1v) is 6.26. The van der Waals surface area contributed by atoms with E-state index in [2.05, 4.69) is 29.5 Å². The minimum absolute atomic E-state index is 0.267. The van der Waals surface area contributed by atoms with E-state index in [0.717, 1.165) is 12.1 Å². The Labute approximate surface area is 112 Å². The minimum atomic E-state index is -0.305. The SMILES string of the molecule is CCC(C)Nc1ccc(NC(=O)c2ccco2)nc1. The van der Waals surface area contributed by atoms with Gasteiger partial charge in [-0.05, 0) is 37.6 Å². The Kier molecular flexibility index (Phi) is 4.18. The van der Waals surface area contributed by atoms with Gasteiger partial charge in [0.15, 0.2) is 5.76 Å². The van der Waals surface area contributed by atoms with Crippen molar-refractivity contribution in [3.8, 4) is 0 Å². The van der Waals surface area contributed by atoms with Crippen LogP contribution in [-0.4, -0.2) is 16.9 Å². The molecular weight excluding hydrogens is 242 g/mol. The average molecular weight is 259 g/mol. The van der Waals surface area contributed by atoms with Gasteiger partial charge in [0.25, 0.3) is 5.91 Å². The van der Waals surface area contributed by atoms with Crippen molar-refractivity contribution in [2.75, 3.05) is 10.6 Å². The molecule has 0 aliphatic heterocycles. The second-order valence-corrected chi connectivity index (χ2v) is 4.32. The van der Waals surface area contributed by atoms with Gasteiger partial charge in [0.1, 0.15) is 5.82 Å². The summed E-state index contributed by atoms with van der Waals surface area (Å²) >= 11 is 0. The lowest BCUT2D eigenvalue weighted by molar-refractivity contribution is 0.0996. The number of aromatic nitrogens is 1. The Bertz CT molecular complexity index is 520. The van der Waals surface area contributed by atoms with Crippen molar-refractivity contribution in [3.63, 3.8) is 0 Å². The standard InChI is InChI=1S/C14H17N3O2/c1-3-10(2)16-11-6-7-13(15-9-11)17-14(18)12-5-4-8-19-12/h4-10,16H,3H2,1-2H3,(H,15,17,18). The number of nitrogens with zero attached hydrogens (tertiary/aromatic N) is 1. The summed E-state index contributed by atoms with van der Waals surface area (Å²) in [7, 11) is 0. The van der Waals surface area contributed by atoms with Gasteiger partial charge in [-0.15, -0.1) is 0 Å². The van der Waals surface area contributed by atoms with Crippen molar-refractivity contribution in [2.24, 2.45) is 0 Å². The third-order valence-corrected chi connectivity index (χ3v) is 2.78. The molecule has 100 valence electrons. The predicted molar refractivity (Wildman–Crippen MR) is 74.3 cm³/mol. The van der Waals surface area contributed by atoms with Gasteiger partial charge in [-0.25, -0.2) is 4.98 Å². The molecule has 0 saturated heterocycles. The summed E-state index contributed by atoms with van der Waals surface area (Å²) in [6.07, 6.45) is 4.20. The number of carbonyl (C=O) groups excluding carboxylic acids is 1. The molecule has 2 aromatic heterocycles. The van der Waals surface area contributed by atoms with E-state index in [-0.39, 0.29) is 11.7 Å². The smallest absolute Gasteiger partial charge is 0.292 e. The number of hydrogen-bond donors (Lipinski definition) is 2. The summed E-state index contributed by atoms with van der Waals surface area (Å²) in [6.45, 7) is 4.22. The molecule has 0 aliphatic carbocycles. The Hall–Kier alpha value is -2.30. The molecule has 0 saturated carbocycles. The van der Waals surface area contributed by atoms with E-state index >= 15 is 0 Å². The molecule has 1 amide bonds. The fourth-order valence-electron chi connectivity index (χ4n) is 1.53. The third kappa shape index (κ3) is 3.58. The highest BCUT2D eigenvalue weighted by molar-refractivity contribution is 6.01. The summed E-state index contributed by atoms with van der Waals surface area (Å²) in [4.78, 5) is 15.9. The molecule has 2 N–H and O–H groups in total. The molecule has 19 heavy (non-hydrogen) atoms. The van der Waals surface area contributed by atoms with E-state index in [0.29, 0.717) is 11.9 Å². The lowest BCUT2D eigenvalue weighted by Crippen LogP contribution is -2.14. The van der Waals surface area contributed by atoms with Gasteiger partial charge in [-0.1, -0.05) is 6.92 Å². The highest BCUT2D eigenvalue weighted by atomic mass is 16.3. The van der Waals surface area contributed by atoms with Crippen LogP contribution in [0.25, 0.3) is 0 Å². The van der Waals surface area contributed by atoms with Crippen LogP contribution in [0.15, 0.2) is 41.1 Å². The molecule has 2 aromatic rings. The fourth-order valence-corrected chi connectivity index (χ4v) is 1.53. The maximum atomic E-state index is 11.7. The van der Waals surface area contributed by atoms with E-state index in [1.165, 1.54) is 6.26 Å². The van der Waals surface area contributed by atoms with E-state index in [1.54, 1.807) is 24.4 Å².